The van der Waals surface area contributed by atoms with Crippen LogP contribution >= 0.6 is 0 Å². The molecule has 2 rings (SSSR count). The Morgan fingerprint density at radius 2 is 1.50 bits per heavy atom. The number of carboxylic acid groups (broad SMARTS) is 1. The Morgan fingerprint density at radius 3 is 1.96 bits per heavy atom. The van der Waals surface area contributed by atoms with Gasteiger partial charge in [0.1, 0.15) is 0 Å². The summed E-state index contributed by atoms with van der Waals surface area (Å²) in [5.74, 6) is -0.827. The summed E-state index contributed by atoms with van der Waals surface area (Å²) in [4.78, 5) is 11.6. The monoisotopic (exact) mass is 376 g/mol. The topological polar surface area (TPSA) is 80.7 Å². The van der Waals surface area contributed by atoms with Crippen molar-refractivity contribution in [3.05, 3.63) is 54.1 Å². The second-order valence-corrected chi connectivity index (χ2v) is 8.81. The summed E-state index contributed by atoms with van der Waals surface area (Å²) in [6, 6.07) is 14.0. The van der Waals surface area contributed by atoms with E-state index in [9.17, 15) is 18.3 Å². The lowest BCUT2D eigenvalue weighted by atomic mass is 9.84. The lowest BCUT2D eigenvalue weighted by Gasteiger charge is -2.19. The van der Waals surface area contributed by atoms with Gasteiger partial charge in [-0.25, -0.2) is 8.42 Å². The van der Waals surface area contributed by atoms with Crippen molar-refractivity contribution in [2.24, 2.45) is 0 Å². The van der Waals surface area contributed by atoms with Crippen LogP contribution in [0.5, 0.6) is 0 Å². The molecule has 140 valence electrons. The van der Waals surface area contributed by atoms with Gasteiger partial charge in [-0.15, -0.1) is 0 Å². The average molecular weight is 376 g/mol. The minimum Gasteiger partial charge on any atom is -0.481 e. The van der Waals surface area contributed by atoms with Crippen molar-refractivity contribution in [3.63, 3.8) is 0 Å². The Labute approximate surface area is 154 Å². The van der Waals surface area contributed by atoms with Crippen LogP contribution in [0.2, 0.25) is 0 Å². The molecule has 0 saturated carbocycles. The highest BCUT2D eigenvalue weighted by molar-refractivity contribution is 7.91. The van der Waals surface area contributed by atoms with E-state index in [2.05, 4.69) is 0 Å². The third-order valence-corrected chi connectivity index (χ3v) is 6.27. The molecule has 0 spiro atoms. The normalized spacial score (nSPS) is 12.1. The van der Waals surface area contributed by atoms with E-state index in [4.69, 9.17) is 4.74 Å². The van der Waals surface area contributed by atoms with Crippen molar-refractivity contribution >= 4 is 15.8 Å². The molecule has 0 aromatic heterocycles. The molecule has 0 aliphatic heterocycles. The van der Waals surface area contributed by atoms with Crippen molar-refractivity contribution in [1.82, 2.24) is 0 Å². The molecular weight excluding hydrogens is 352 g/mol. The molecule has 0 bridgehead atoms. The largest absolute Gasteiger partial charge is 0.481 e. The fourth-order valence-corrected chi connectivity index (χ4v) is 3.85. The molecule has 0 saturated heterocycles. The highest BCUT2D eigenvalue weighted by Gasteiger charge is 2.29. The molecule has 6 heteroatoms. The Hall–Kier alpha value is -2.18. The zero-order valence-electron chi connectivity index (χ0n) is 15.2. The van der Waals surface area contributed by atoms with E-state index in [1.807, 2.05) is 12.1 Å². The Kier molecular flexibility index (Phi) is 6.21. The molecule has 2 aromatic carbocycles. The van der Waals surface area contributed by atoms with Crippen molar-refractivity contribution in [1.29, 1.82) is 0 Å². The number of benzene rings is 2. The standard InChI is InChI=1S/C20H24O5S/c1-20(2,19(21)22)17-9-5-15(6-10-17)16-7-11-18(12-8-16)26(23,24)14-4-13-25-3/h5-12H,4,13-14H2,1-3H3,(H,21,22). The number of hydrogen-bond acceptors (Lipinski definition) is 4. The third-order valence-electron chi connectivity index (χ3n) is 4.45. The molecule has 2 aromatic rings. The number of ether oxygens (including phenoxy) is 1. The second-order valence-electron chi connectivity index (χ2n) is 6.70. The smallest absolute Gasteiger partial charge is 0.313 e. The molecule has 1 N–H and O–H groups in total. The van der Waals surface area contributed by atoms with E-state index < -0.39 is 21.2 Å². The molecule has 0 aliphatic carbocycles. The maximum Gasteiger partial charge on any atom is 0.313 e. The Bertz CT molecular complexity index is 850. The van der Waals surface area contributed by atoms with Crippen LogP contribution in [0.1, 0.15) is 25.8 Å². The summed E-state index contributed by atoms with van der Waals surface area (Å²) in [5.41, 5.74) is 1.53. The minimum absolute atomic E-state index is 0.0547. The van der Waals surface area contributed by atoms with Crippen molar-refractivity contribution in [3.8, 4) is 11.1 Å². The van der Waals surface area contributed by atoms with Crippen LogP contribution in [-0.4, -0.2) is 39.0 Å². The van der Waals surface area contributed by atoms with Crippen LogP contribution in [-0.2, 0) is 24.8 Å². The number of aliphatic carboxylic acids is 1. The summed E-state index contributed by atoms with van der Waals surface area (Å²) in [7, 11) is -1.77. The summed E-state index contributed by atoms with van der Waals surface area (Å²) in [5, 5.41) is 9.30. The molecule has 0 amide bonds. The lowest BCUT2D eigenvalue weighted by molar-refractivity contribution is -0.142. The van der Waals surface area contributed by atoms with E-state index in [1.54, 1.807) is 57.4 Å². The van der Waals surface area contributed by atoms with Crippen LogP contribution < -0.4 is 0 Å². The summed E-state index contributed by atoms with van der Waals surface area (Å²) in [6.45, 7) is 3.73. The van der Waals surface area contributed by atoms with E-state index in [0.29, 0.717) is 23.5 Å². The SMILES string of the molecule is COCCCS(=O)(=O)c1ccc(-c2ccc(C(C)(C)C(=O)O)cc2)cc1. The van der Waals surface area contributed by atoms with Crippen LogP contribution in [0, 0.1) is 0 Å². The van der Waals surface area contributed by atoms with Crippen molar-refractivity contribution in [2.45, 2.75) is 30.6 Å². The summed E-state index contributed by atoms with van der Waals surface area (Å²) in [6.07, 6.45) is 0.460. The second kappa shape index (κ2) is 8.01. The predicted molar refractivity (Wildman–Crippen MR) is 101 cm³/mol. The van der Waals surface area contributed by atoms with Gasteiger partial charge >= 0.3 is 5.97 Å². The highest BCUT2D eigenvalue weighted by Crippen LogP contribution is 2.27. The van der Waals surface area contributed by atoms with Crippen LogP contribution in [0.25, 0.3) is 11.1 Å². The molecule has 0 unspecified atom stereocenters. The van der Waals surface area contributed by atoms with Crippen LogP contribution in [0.4, 0.5) is 0 Å². The van der Waals surface area contributed by atoms with E-state index >= 15 is 0 Å². The van der Waals surface area contributed by atoms with Gasteiger partial charge in [0, 0.05) is 13.7 Å². The summed E-state index contributed by atoms with van der Waals surface area (Å²) >= 11 is 0. The Balaban J connectivity index is 2.20. The van der Waals surface area contributed by atoms with Gasteiger partial charge in [0.15, 0.2) is 9.84 Å². The van der Waals surface area contributed by atoms with Gasteiger partial charge in [-0.3, -0.25) is 4.79 Å². The highest BCUT2D eigenvalue weighted by atomic mass is 32.2. The number of methoxy groups -OCH3 is 1. The molecule has 26 heavy (non-hydrogen) atoms. The number of carbonyl (C=O) groups is 1. The minimum atomic E-state index is -3.31. The average Bonchev–Trinajstić information content (AvgIpc) is 2.62. The van der Waals surface area contributed by atoms with Gasteiger partial charge in [-0.2, -0.15) is 0 Å². The number of sulfone groups is 1. The third kappa shape index (κ3) is 4.51. The van der Waals surface area contributed by atoms with Crippen molar-refractivity contribution in [2.75, 3.05) is 19.5 Å². The Morgan fingerprint density at radius 1 is 1.00 bits per heavy atom. The van der Waals surface area contributed by atoms with Crippen LogP contribution in [0.3, 0.4) is 0 Å². The van der Waals surface area contributed by atoms with Gasteiger partial charge in [0.25, 0.3) is 0 Å². The number of rotatable bonds is 8. The first kappa shape index (κ1) is 20.1. The lowest BCUT2D eigenvalue weighted by Crippen LogP contribution is -2.28. The van der Waals surface area contributed by atoms with E-state index in [1.165, 1.54) is 0 Å². The molecule has 0 aliphatic rings. The first-order valence-electron chi connectivity index (χ1n) is 8.34. The molecule has 0 heterocycles. The first-order chi connectivity index (χ1) is 12.2. The molecule has 0 fully saturated rings. The zero-order valence-corrected chi connectivity index (χ0v) is 16.0. The quantitative estimate of drug-likeness (QED) is 0.713. The van der Waals surface area contributed by atoms with Gasteiger partial charge < -0.3 is 9.84 Å². The van der Waals surface area contributed by atoms with Gasteiger partial charge in [0.2, 0.25) is 0 Å². The molecule has 0 atom stereocenters. The van der Waals surface area contributed by atoms with Gasteiger partial charge in [0.05, 0.1) is 16.1 Å². The van der Waals surface area contributed by atoms with E-state index in [0.717, 1.165) is 11.1 Å². The van der Waals surface area contributed by atoms with Crippen molar-refractivity contribution < 1.29 is 23.1 Å². The maximum absolute atomic E-state index is 12.3. The fraction of sp³-hybridized carbons (Fsp3) is 0.350. The van der Waals surface area contributed by atoms with Gasteiger partial charge in [-0.05, 0) is 49.1 Å². The van der Waals surface area contributed by atoms with Gasteiger partial charge in [-0.1, -0.05) is 36.4 Å². The summed E-state index contributed by atoms with van der Waals surface area (Å²) < 4.78 is 29.4. The number of carboxylic acids is 1. The fourth-order valence-electron chi connectivity index (χ4n) is 2.57. The predicted octanol–water partition coefficient (Wildman–Crippen LogP) is 3.53. The molecule has 5 nitrogen and oxygen atoms in total. The molecule has 0 radical (unpaired) electrons. The molecular formula is C20H24O5S. The van der Waals surface area contributed by atoms with E-state index in [-0.39, 0.29) is 5.75 Å². The maximum atomic E-state index is 12.3. The number of hydrogen-bond donors (Lipinski definition) is 1. The van der Waals surface area contributed by atoms with Crippen LogP contribution in [0.15, 0.2) is 53.4 Å². The first-order valence-corrected chi connectivity index (χ1v) is 10.00. The zero-order chi connectivity index (χ0) is 19.4.